The summed E-state index contributed by atoms with van der Waals surface area (Å²) in [7, 11) is 0. The monoisotopic (exact) mass is 248 g/mol. The third-order valence-electron chi connectivity index (χ3n) is 3.57. The fourth-order valence-corrected chi connectivity index (χ4v) is 2.41. The molecule has 5 nitrogen and oxygen atoms in total. The fourth-order valence-electron chi connectivity index (χ4n) is 2.41. The Balaban J connectivity index is 2.18. The summed E-state index contributed by atoms with van der Waals surface area (Å²) in [6, 6.07) is 4.31. The van der Waals surface area contributed by atoms with Crippen LogP contribution in [0, 0.1) is 5.92 Å². The smallest absolute Gasteiger partial charge is 0.188 e. The predicted octanol–water partition coefficient (Wildman–Crippen LogP) is 1.80. The number of oxime groups is 1. The molecule has 0 bridgehead atoms. The number of nitrogens with two attached hydrogens (primary N) is 1. The largest absolute Gasteiger partial charge is 0.409 e. The molecule has 0 amide bonds. The Morgan fingerprint density at radius 1 is 1.44 bits per heavy atom. The Hall–Kier alpha value is -1.78. The van der Waals surface area contributed by atoms with Crippen molar-refractivity contribution in [3.8, 4) is 0 Å². The lowest BCUT2D eigenvalue weighted by Crippen LogP contribution is -2.41. The second kappa shape index (κ2) is 5.25. The number of aromatic nitrogens is 1. The van der Waals surface area contributed by atoms with Crippen molar-refractivity contribution in [3.05, 3.63) is 24.0 Å². The van der Waals surface area contributed by atoms with E-state index in [1.165, 1.54) is 12.8 Å². The van der Waals surface area contributed by atoms with E-state index in [1.54, 1.807) is 12.3 Å². The summed E-state index contributed by atoms with van der Waals surface area (Å²) in [6.07, 6.45) is 4.29. The molecule has 18 heavy (non-hydrogen) atoms. The zero-order valence-corrected chi connectivity index (χ0v) is 10.9. The van der Waals surface area contributed by atoms with E-state index < -0.39 is 0 Å². The molecule has 0 saturated carbocycles. The molecule has 0 spiro atoms. The SMILES string of the molecule is CC1CCC(C)N(c2ccc(/C(N)=N/O)nc2)C1. The number of rotatable bonds is 2. The van der Waals surface area contributed by atoms with E-state index in [4.69, 9.17) is 10.9 Å². The molecule has 0 radical (unpaired) electrons. The van der Waals surface area contributed by atoms with Crippen LogP contribution in [0.2, 0.25) is 0 Å². The average molecular weight is 248 g/mol. The summed E-state index contributed by atoms with van der Waals surface area (Å²) in [4.78, 5) is 6.60. The van der Waals surface area contributed by atoms with Crippen LogP contribution < -0.4 is 10.6 Å². The maximum Gasteiger partial charge on any atom is 0.188 e. The highest BCUT2D eigenvalue weighted by atomic mass is 16.4. The maximum absolute atomic E-state index is 8.60. The standard InChI is InChI=1S/C13H20N4O/c1-9-3-4-10(2)17(8-9)11-5-6-12(15-7-11)13(14)16-18/h5-7,9-10,18H,3-4,8H2,1-2H3,(H2,14,16). The van der Waals surface area contributed by atoms with Gasteiger partial charge in [0.15, 0.2) is 5.84 Å². The molecule has 1 aromatic heterocycles. The first-order chi connectivity index (χ1) is 8.61. The first-order valence-electron chi connectivity index (χ1n) is 6.32. The van der Waals surface area contributed by atoms with Crippen LogP contribution in [0.5, 0.6) is 0 Å². The number of anilines is 1. The van der Waals surface area contributed by atoms with Gasteiger partial charge < -0.3 is 15.8 Å². The van der Waals surface area contributed by atoms with Gasteiger partial charge in [-0.1, -0.05) is 12.1 Å². The van der Waals surface area contributed by atoms with Crippen LogP contribution in [-0.2, 0) is 0 Å². The topological polar surface area (TPSA) is 74.7 Å². The van der Waals surface area contributed by atoms with E-state index >= 15 is 0 Å². The van der Waals surface area contributed by atoms with Gasteiger partial charge in [0.25, 0.3) is 0 Å². The van der Waals surface area contributed by atoms with E-state index in [0.29, 0.717) is 17.7 Å². The Labute approximate surface area is 107 Å². The third-order valence-corrected chi connectivity index (χ3v) is 3.57. The van der Waals surface area contributed by atoms with Crippen LogP contribution in [0.4, 0.5) is 5.69 Å². The lowest BCUT2D eigenvalue weighted by atomic mass is 9.94. The van der Waals surface area contributed by atoms with Gasteiger partial charge in [-0.05, 0) is 37.8 Å². The summed E-state index contributed by atoms with van der Waals surface area (Å²) < 4.78 is 0. The first-order valence-corrected chi connectivity index (χ1v) is 6.32. The second-order valence-corrected chi connectivity index (χ2v) is 5.07. The predicted molar refractivity (Wildman–Crippen MR) is 72.0 cm³/mol. The molecule has 2 atom stereocenters. The lowest BCUT2D eigenvalue weighted by molar-refractivity contribution is 0.318. The van der Waals surface area contributed by atoms with Gasteiger partial charge in [-0.3, -0.25) is 4.98 Å². The molecule has 2 rings (SSSR count). The van der Waals surface area contributed by atoms with Crippen LogP contribution in [-0.4, -0.2) is 28.6 Å². The van der Waals surface area contributed by atoms with Gasteiger partial charge in [-0.2, -0.15) is 0 Å². The molecule has 2 heterocycles. The zero-order chi connectivity index (χ0) is 13.1. The highest BCUT2D eigenvalue weighted by Crippen LogP contribution is 2.26. The number of hydrogen-bond acceptors (Lipinski definition) is 4. The highest BCUT2D eigenvalue weighted by Gasteiger charge is 2.23. The van der Waals surface area contributed by atoms with Crippen molar-refractivity contribution in [2.75, 3.05) is 11.4 Å². The van der Waals surface area contributed by atoms with Crippen molar-refractivity contribution in [1.29, 1.82) is 0 Å². The van der Waals surface area contributed by atoms with Gasteiger partial charge in [0, 0.05) is 12.6 Å². The van der Waals surface area contributed by atoms with E-state index in [0.717, 1.165) is 12.2 Å². The summed E-state index contributed by atoms with van der Waals surface area (Å²) in [6.45, 7) is 5.58. The molecular formula is C13H20N4O. The van der Waals surface area contributed by atoms with Crippen molar-refractivity contribution >= 4 is 11.5 Å². The van der Waals surface area contributed by atoms with Gasteiger partial charge >= 0.3 is 0 Å². The van der Waals surface area contributed by atoms with E-state index in [9.17, 15) is 0 Å². The molecule has 1 aromatic rings. The van der Waals surface area contributed by atoms with Crippen molar-refractivity contribution in [3.63, 3.8) is 0 Å². The van der Waals surface area contributed by atoms with Gasteiger partial charge in [0.1, 0.15) is 5.69 Å². The molecule has 5 heteroatoms. The molecule has 1 aliphatic rings. The van der Waals surface area contributed by atoms with E-state index in [-0.39, 0.29) is 5.84 Å². The second-order valence-electron chi connectivity index (χ2n) is 5.07. The summed E-state index contributed by atoms with van der Waals surface area (Å²) in [5, 5.41) is 11.5. The minimum absolute atomic E-state index is 0.0432. The van der Waals surface area contributed by atoms with Crippen molar-refractivity contribution in [2.45, 2.75) is 32.7 Å². The van der Waals surface area contributed by atoms with Crippen molar-refractivity contribution in [2.24, 2.45) is 16.8 Å². The summed E-state index contributed by atoms with van der Waals surface area (Å²) in [5.74, 6) is 0.756. The van der Waals surface area contributed by atoms with Crippen LogP contribution >= 0.6 is 0 Å². The summed E-state index contributed by atoms with van der Waals surface area (Å²) >= 11 is 0. The number of pyridine rings is 1. The Morgan fingerprint density at radius 3 is 2.83 bits per heavy atom. The molecule has 1 fully saturated rings. The molecule has 0 aliphatic carbocycles. The van der Waals surface area contributed by atoms with Crippen molar-refractivity contribution < 1.29 is 5.21 Å². The molecule has 1 aliphatic heterocycles. The quantitative estimate of drug-likeness (QED) is 0.362. The molecule has 3 N–H and O–H groups in total. The number of hydrogen-bond donors (Lipinski definition) is 2. The molecule has 2 unspecified atom stereocenters. The van der Waals surface area contributed by atoms with E-state index in [1.807, 2.05) is 6.07 Å². The normalized spacial score (nSPS) is 25.2. The first kappa shape index (κ1) is 12.7. The van der Waals surface area contributed by atoms with Gasteiger partial charge in [0.2, 0.25) is 0 Å². The van der Waals surface area contributed by atoms with Crippen LogP contribution in [0.25, 0.3) is 0 Å². The third kappa shape index (κ3) is 2.55. The Bertz CT molecular complexity index is 429. The van der Waals surface area contributed by atoms with Crippen LogP contribution in [0.15, 0.2) is 23.5 Å². The average Bonchev–Trinajstić information content (AvgIpc) is 2.41. The number of piperidine rings is 1. The minimum Gasteiger partial charge on any atom is -0.409 e. The summed E-state index contributed by atoms with van der Waals surface area (Å²) in [5.41, 5.74) is 7.10. The van der Waals surface area contributed by atoms with Gasteiger partial charge in [-0.25, -0.2) is 0 Å². The zero-order valence-electron chi connectivity index (χ0n) is 10.9. The molecule has 98 valence electrons. The molecule has 1 saturated heterocycles. The minimum atomic E-state index is 0.0432. The van der Waals surface area contributed by atoms with Crippen LogP contribution in [0.1, 0.15) is 32.4 Å². The highest BCUT2D eigenvalue weighted by molar-refractivity contribution is 5.95. The Morgan fingerprint density at radius 2 is 2.22 bits per heavy atom. The number of amidine groups is 1. The molecular weight excluding hydrogens is 228 g/mol. The van der Waals surface area contributed by atoms with Gasteiger partial charge in [-0.15, -0.1) is 0 Å². The molecule has 0 aromatic carbocycles. The van der Waals surface area contributed by atoms with E-state index in [2.05, 4.69) is 28.9 Å². The lowest BCUT2D eigenvalue weighted by Gasteiger charge is -2.38. The van der Waals surface area contributed by atoms with Crippen LogP contribution in [0.3, 0.4) is 0 Å². The van der Waals surface area contributed by atoms with Gasteiger partial charge in [0.05, 0.1) is 11.9 Å². The maximum atomic E-state index is 8.60. The number of nitrogens with zero attached hydrogens (tertiary/aromatic N) is 3. The van der Waals surface area contributed by atoms with Crippen molar-refractivity contribution in [1.82, 2.24) is 4.98 Å². The fraction of sp³-hybridized carbons (Fsp3) is 0.538. The Kier molecular flexibility index (Phi) is 3.69.